The second-order valence-corrected chi connectivity index (χ2v) is 2.62. The van der Waals surface area contributed by atoms with Crippen molar-refractivity contribution in [3.8, 4) is 0 Å². The van der Waals surface area contributed by atoms with Crippen molar-refractivity contribution < 1.29 is 19.1 Å². The van der Waals surface area contributed by atoms with Crippen LogP contribution < -0.4 is 0 Å². The van der Waals surface area contributed by atoms with Crippen molar-refractivity contribution in [1.82, 2.24) is 0 Å². The summed E-state index contributed by atoms with van der Waals surface area (Å²) in [4.78, 5) is 20.7. The minimum Gasteiger partial charge on any atom is -0.480 e. The van der Waals surface area contributed by atoms with E-state index in [1.165, 1.54) is 12.3 Å². The summed E-state index contributed by atoms with van der Waals surface area (Å²) in [5.41, 5.74) is 0.220. The average Bonchev–Trinajstić information content (AvgIpc) is 2.49. The van der Waals surface area contributed by atoms with Gasteiger partial charge in [-0.2, -0.15) is 12.6 Å². The van der Waals surface area contributed by atoms with Gasteiger partial charge >= 0.3 is 5.97 Å². The quantitative estimate of drug-likeness (QED) is 0.548. The number of carboxylic acid groups (broad SMARTS) is 1. The first kappa shape index (κ1) is 8.86. The van der Waals surface area contributed by atoms with Crippen LogP contribution in [-0.4, -0.2) is 17.4 Å². The first-order valence-corrected chi connectivity index (χ1v) is 3.62. The van der Waals surface area contributed by atoms with Crippen LogP contribution in [0.25, 0.3) is 0 Å². The molecular weight excluding hydrogens is 180 g/mol. The number of rotatable bonds is 3. The molecule has 0 fully saturated rings. The number of hydrogen-bond acceptors (Lipinski definition) is 4. The number of thiol groups is 1. The largest absolute Gasteiger partial charge is 0.480 e. The van der Waals surface area contributed by atoms with Gasteiger partial charge in [-0.1, -0.05) is 0 Å². The second-order valence-electron chi connectivity index (χ2n) is 2.10. The van der Waals surface area contributed by atoms with Gasteiger partial charge in [0.1, 0.15) is 5.76 Å². The molecule has 0 radical (unpaired) electrons. The Kier molecular flexibility index (Phi) is 2.54. The van der Waals surface area contributed by atoms with Crippen LogP contribution in [0.15, 0.2) is 16.7 Å². The van der Waals surface area contributed by atoms with Crippen LogP contribution in [0.4, 0.5) is 0 Å². The Morgan fingerprint density at radius 2 is 2.42 bits per heavy atom. The molecule has 1 rings (SSSR count). The topological polar surface area (TPSA) is 67.5 Å². The summed E-state index contributed by atoms with van der Waals surface area (Å²) in [6, 6.07) is 1.40. The van der Waals surface area contributed by atoms with Gasteiger partial charge in [0.25, 0.3) is 0 Å². The van der Waals surface area contributed by atoms with Crippen molar-refractivity contribution in [1.29, 1.82) is 0 Å². The summed E-state index contributed by atoms with van der Waals surface area (Å²) in [6.07, 6.45) is 1.79. The highest BCUT2D eigenvalue weighted by atomic mass is 32.1. The van der Waals surface area contributed by atoms with Crippen molar-refractivity contribution in [3.05, 3.63) is 23.7 Å². The van der Waals surface area contributed by atoms with Crippen LogP contribution in [0.1, 0.15) is 21.4 Å². The van der Waals surface area contributed by atoms with Crippen molar-refractivity contribution in [2.45, 2.75) is 5.25 Å². The summed E-state index contributed by atoms with van der Waals surface area (Å²) >= 11 is 3.75. The second kappa shape index (κ2) is 3.44. The van der Waals surface area contributed by atoms with Gasteiger partial charge in [-0.25, -0.2) is 0 Å². The summed E-state index contributed by atoms with van der Waals surface area (Å²) < 4.78 is 4.79. The van der Waals surface area contributed by atoms with Gasteiger partial charge in [0.15, 0.2) is 11.5 Å². The van der Waals surface area contributed by atoms with Crippen molar-refractivity contribution >= 4 is 24.9 Å². The van der Waals surface area contributed by atoms with Gasteiger partial charge in [-0.15, -0.1) is 0 Å². The van der Waals surface area contributed by atoms with Crippen LogP contribution in [0.5, 0.6) is 0 Å². The SMILES string of the molecule is O=Cc1ccoc1C(S)C(=O)O. The molecule has 0 aliphatic carbocycles. The molecule has 0 aliphatic rings. The molecule has 64 valence electrons. The summed E-state index contributed by atoms with van der Waals surface area (Å²) in [6.45, 7) is 0. The molecule has 5 heteroatoms. The third-order valence-corrected chi connectivity index (χ3v) is 1.79. The molecule has 12 heavy (non-hydrogen) atoms. The van der Waals surface area contributed by atoms with Crippen LogP contribution in [0.3, 0.4) is 0 Å². The Labute approximate surface area is 73.6 Å². The van der Waals surface area contributed by atoms with Gasteiger partial charge in [0.2, 0.25) is 0 Å². The third kappa shape index (κ3) is 1.50. The van der Waals surface area contributed by atoms with E-state index in [4.69, 9.17) is 9.52 Å². The lowest BCUT2D eigenvalue weighted by Crippen LogP contribution is -2.05. The molecular formula is C7H6O4S. The Bertz CT molecular complexity index is 304. The fourth-order valence-corrected chi connectivity index (χ4v) is 0.973. The molecule has 0 saturated heterocycles. The molecule has 1 N–H and O–H groups in total. The fraction of sp³-hybridized carbons (Fsp3) is 0.143. The zero-order valence-corrected chi connectivity index (χ0v) is 6.82. The molecule has 1 aromatic heterocycles. The van der Waals surface area contributed by atoms with E-state index in [-0.39, 0.29) is 11.3 Å². The average molecular weight is 186 g/mol. The van der Waals surface area contributed by atoms with Crippen LogP contribution in [0, 0.1) is 0 Å². The molecule has 0 spiro atoms. The highest BCUT2D eigenvalue weighted by Crippen LogP contribution is 2.23. The number of hydrogen-bond donors (Lipinski definition) is 2. The molecule has 0 amide bonds. The number of aldehydes is 1. The molecule has 0 aromatic carbocycles. The van der Waals surface area contributed by atoms with Crippen molar-refractivity contribution in [3.63, 3.8) is 0 Å². The standard InChI is InChI=1S/C7H6O4S/c8-3-4-1-2-11-5(4)6(12)7(9)10/h1-3,6,12H,(H,9,10). The summed E-state index contributed by atoms with van der Waals surface area (Å²) in [7, 11) is 0. The first-order valence-electron chi connectivity index (χ1n) is 3.10. The minimum absolute atomic E-state index is 0.0702. The lowest BCUT2D eigenvalue weighted by atomic mass is 10.2. The molecule has 1 unspecified atom stereocenters. The van der Waals surface area contributed by atoms with E-state index in [1.807, 2.05) is 0 Å². The fourth-order valence-electron chi connectivity index (χ4n) is 0.763. The van der Waals surface area contributed by atoms with Gasteiger partial charge < -0.3 is 9.52 Å². The number of carbonyl (C=O) groups is 2. The zero-order chi connectivity index (χ0) is 9.14. The molecule has 1 aromatic rings. The van der Waals surface area contributed by atoms with E-state index in [0.717, 1.165) is 0 Å². The van der Waals surface area contributed by atoms with Crippen LogP contribution in [0.2, 0.25) is 0 Å². The van der Waals surface area contributed by atoms with E-state index in [2.05, 4.69) is 12.6 Å². The third-order valence-electron chi connectivity index (χ3n) is 1.34. The van der Waals surface area contributed by atoms with E-state index < -0.39 is 11.2 Å². The molecule has 4 nitrogen and oxygen atoms in total. The van der Waals surface area contributed by atoms with Gasteiger partial charge in [0, 0.05) is 0 Å². The Balaban J connectivity index is 3.01. The predicted octanol–water partition coefficient (Wildman–Crippen LogP) is 1.15. The molecule has 0 bridgehead atoms. The van der Waals surface area contributed by atoms with Gasteiger partial charge in [0.05, 0.1) is 11.8 Å². The first-order chi connectivity index (χ1) is 5.66. The smallest absolute Gasteiger partial charge is 0.324 e. The number of carbonyl (C=O) groups excluding carboxylic acids is 1. The lowest BCUT2D eigenvalue weighted by molar-refractivity contribution is -0.136. The zero-order valence-electron chi connectivity index (χ0n) is 5.93. The van der Waals surface area contributed by atoms with Crippen LogP contribution >= 0.6 is 12.6 Å². The predicted molar refractivity (Wildman–Crippen MR) is 43.5 cm³/mol. The normalized spacial score (nSPS) is 12.4. The van der Waals surface area contributed by atoms with E-state index in [0.29, 0.717) is 6.29 Å². The summed E-state index contributed by atoms with van der Waals surface area (Å²) in [5.74, 6) is -1.07. The van der Waals surface area contributed by atoms with Crippen LogP contribution in [-0.2, 0) is 4.79 Å². The monoisotopic (exact) mass is 186 g/mol. The lowest BCUT2D eigenvalue weighted by Gasteiger charge is -2.00. The molecule has 0 aliphatic heterocycles. The van der Waals surface area contributed by atoms with Crippen molar-refractivity contribution in [2.75, 3.05) is 0 Å². The Hall–Kier alpha value is -1.23. The number of furan rings is 1. The van der Waals surface area contributed by atoms with Gasteiger partial charge in [-0.05, 0) is 6.07 Å². The maximum absolute atomic E-state index is 10.4. The van der Waals surface area contributed by atoms with E-state index in [9.17, 15) is 9.59 Å². The maximum atomic E-state index is 10.4. The Morgan fingerprint density at radius 1 is 1.75 bits per heavy atom. The number of aliphatic carboxylic acids is 1. The van der Waals surface area contributed by atoms with E-state index >= 15 is 0 Å². The maximum Gasteiger partial charge on any atom is 0.324 e. The van der Waals surface area contributed by atoms with Gasteiger partial charge in [-0.3, -0.25) is 9.59 Å². The molecule has 1 atom stereocenters. The van der Waals surface area contributed by atoms with Crippen molar-refractivity contribution in [2.24, 2.45) is 0 Å². The highest BCUT2D eigenvalue weighted by Gasteiger charge is 2.21. The summed E-state index contributed by atoms with van der Waals surface area (Å²) in [5, 5.41) is 7.44. The highest BCUT2D eigenvalue weighted by molar-refractivity contribution is 7.81. The minimum atomic E-state index is -1.14. The van der Waals surface area contributed by atoms with E-state index in [1.54, 1.807) is 0 Å². The molecule has 1 heterocycles. The number of carboxylic acids is 1. The molecule has 0 saturated carbocycles. The Morgan fingerprint density at radius 3 is 2.92 bits per heavy atom.